The zero-order valence-electron chi connectivity index (χ0n) is 10.4. The minimum Gasteiger partial charge on any atom is -0.496 e. The monoisotopic (exact) mass is 266 g/mol. The molecule has 19 heavy (non-hydrogen) atoms. The lowest BCUT2D eigenvalue weighted by atomic mass is 9.99. The third-order valence-electron chi connectivity index (χ3n) is 3.11. The van der Waals surface area contributed by atoms with Crippen LogP contribution in [0.3, 0.4) is 0 Å². The van der Waals surface area contributed by atoms with Gasteiger partial charge in [-0.05, 0) is 11.6 Å². The molecular formula is C12H14N2O5. The summed E-state index contributed by atoms with van der Waals surface area (Å²) in [5, 5.41) is 19.6. The molecule has 1 heterocycles. The number of carboxylic acids is 1. The normalized spacial score (nSPS) is 15.8. The van der Waals surface area contributed by atoms with Gasteiger partial charge in [0.05, 0.1) is 24.0 Å². The SMILES string of the molecule is COc1cc(CN2CC(C(=O)O)C2)cc([N+](=O)[O-])c1. The quantitative estimate of drug-likeness (QED) is 0.634. The summed E-state index contributed by atoms with van der Waals surface area (Å²) >= 11 is 0. The van der Waals surface area contributed by atoms with Gasteiger partial charge in [-0.15, -0.1) is 0 Å². The van der Waals surface area contributed by atoms with Crippen LogP contribution < -0.4 is 4.74 Å². The summed E-state index contributed by atoms with van der Waals surface area (Å²) < 4.78 is 5.02. The number of methoxy groups -OCH3 is 1. The van der Waals surface area contributed by atoms with Gasteiger partial charge in [-0.25, -0.2) is 0 Å². The molecule has 0 aromatic heterocycles. The first-order valence-corrected chi connectivity index (χ1v) is 5.77. The molecule has 0 radical (unpaired) electrons. The maximum absolute atomic E-state index is 10.8. The number of carbonyl (C=O) groups is 1. The molecule has 1 N–H and O–H groups in total. The molecule has 0 amide bonds. The highest BCUT2D eigenvalue weighted by Gasteiger charge is 2.32. The number of ether oxygens (including phenoxy) is 1. The number of nitrogens with zero attached hydrogens (tertiary/aromatic N) is 2. The molecule has 1 fully saturated rings. The van der Waals surface area contributed by atoms with E-state index in [1.807, 2.05) is 4.90 Å². The Kier molecular flexibility index (Phi) is 3.66. The lowest BCUT2D eigenvalue weighted by Crippen LogP contribution is -2.49. The summed E-state index contributed by atoms with van der Waals surface area (Å²) in [4.78, 5) is 22.9. The molecule has 1 saturated heterocycles. The second kappa shape index (κ2) is 5.23. The summed E-state index contributed by atoms with van der Waals surface area (Å²) in [6.07, 6.45) is 0. The minimum absolute atomic E-state index is 0.0235. The van der Waals surface area contributed by atoms with E-state index < -0.39 is 10.9 Å². The van der Waals surface area contributed by atoms with Crippen LogP contribution in [0.25, 0.3) is 0 Å². The predicted molar refractivity (Wildman–Crippen MR) is 66.1 cm³/mol. The Morgan fingerprint density at radius 2 is 2.21 bits per heavy atom. The van der Waals surface area contributed by atoms with E-state index in [0.29, 0.717) is 25.4 Å². The number of hydrogen-bond donors (Lipinski definition) is 1. The van der Waals surface area contributed by atoms with Gasteiger partial charge in [-0.2, -0.15) is 0 Å². The van der Waals surface area contributed by atoms with Crippen LogP contribution in [0.15, 0.2) is 18.2 Å². The van der Waals surface area contributed by atoms with Crippen molar-refractivity contribution in [1.82, 2.24) is 4.90 Å². The first kappa shape index (κ1) is 13.3. The van der Waals surface area contributed by atoms with Gasteiger partial charge in [0.15, 0.2) is 0 Å². The van der Waals surface area contributed by atoms with Crippen LogP contribution in [0, 0.1) is 16.0 Å². The van der Waals surface area contributed by atoms with E-state index >= 15 is 0 Å². The Labute approximate surface area is 109 Å². The first-order chi connectivity index (χ1) is 8.99. The number of nitro benzene ring substituents is 1. The highest BCUT2D eigenvalue weighted by Crippen LogP contribution is 2.25. The fraction of sp³-hybridized carbons (Fsp3) is 0.417. The number of likely N-dealkylation sites (tertiary alicyclic amines) is 1. The molecule has 1 aliphatic rings. The zero-order valence-corrected chi connectivity index (χ0v) is 10.4. The zero-order chi connectivity index (χ0) is 14.0. The fourth-order valence-electron chi connectivity index (χ4n) is 2.07. The molecule has 102 valence electrons. The summed E-state index contributed by atoms with van der Waals surface area (Å²) in [6.45, 7) is 1.43. The van der Waals surface area contributed by atoms with Crippen LogP contribution >= 0.6 is 0 Å². The number of benzene rings is 1. The topological polar surface area (TPSA) is 92.9 Å². The summed E-state index contributed by atoms with van der Waals surface area (Å²) in [6, 6.07) is 4.57. The van der Waals surface area contributed by atoms with E-state index in [0.717, 1.165) is 5.56 Å². The lowest BCUT2D eigenvalue weighted by Gasteiger charge is -2.36. The number of nitro groups is 1. The molecule has 0 bridgehead atoms. The predicted octanol–water partition coefficient (Wildman–Crippen LogP) is 1.12. The van der Waals surface area contributed by atoms with Crippen LogP contribution in [0.4, 0.5) is 5.69 Å². The molecule has 0 saturated carbocycles. The standard InChI is InChI=1S/C12H14N2O5/c1-19-11-3-8(2-10(4-11)14(17)18)5-13-6-9(7-13)12(15)16/h2-4,9H,5-7H2,1H3,(H,15,16). The van der Waals surface area contributed by atoms with Crippen LogP contribution in [0.5, 0.6) is 5.75 Å². The van der Waals surface area contributed by atoms with Crippen molar-refractivity contribution in [3.05, 3.63) is 33.9 Å². The van der Waals surface area contributed by atoms with Gasteiger partial charge in [0.25, 0.3) is 5.69 Å². The fourth-order valence-corrected chi connectivity index (χ4v) is 2.07. The van der Waals surface area contributed by atoms with Gasteiger partial charge in [-0.3, -0.25) is 19.8 Å². The van der Waals surface area contributed by atoms with Crippen LogP contribution in [-0.2, 0) is 11.3 Å². The third kappa shape index (κ3) is 3.00. The third-order valence-corrected chi connectivity index (χ3v) is 3.11. The van der Waals surface area contributed by atoms with Crippen molar-refractivity contribution >= 4 is 11.7 Å². The minimum atomic E-state index is -0.798. The Balaban J connectivity index is 2.06. The molecule has 0 unspecified atom stereocenters. The van der Waals surface area contributed by atoms with Gasteiger partial charge in [0.2, 0.25) is 0 Å². The first-order valence-electron chi connectivity index (χ1n) is 5.77. The van der Waals surface area contributed by atoms with E-state index in [9.17, 15) is 14.9 Å². The van der Waals surface area contributed by atoms with Gasteiger partial charge in [0, 0.05) is 25.7 Å². The maximum atomic E-state index is 10.8. The molecule has 1 aromatic carbocycles. The van der Waals surface area contributed by atoms with Crippen LogP contribution in [0.2, 0.25) is 0 Å². The molecule has 1 aliphatic heterocycles. The molecule has 7 heteroatoms. The van der Waals surface area contributed by atoms with Crippen molar-refractivity contribution in [2.45, 2.75) is 6.54 Å². The summed E-state index contributed by atoms with van der Waals surface area (Å²) in [5.41, 5.74) is 0.722. The molecule has 0 aliphatic carbocycles. The molecule has 0 spiro atoms. The van der Waals surface area contributed by atoms with Crippen molar-refractivity contribution < 1.29 is 19.6 Å². The molecule has 7 nitrogen and oxygen atoms in total. The number of hydrogen-bond acceptors (Lipinski definition) is 5. The van der Waals surface area contributed by atoms with Crippen molar-refractivity contribution in [3.8, 4) is 5.75 Å². The highest BCUT2D eigenvalue weighted by atomic mass is 16.6. The molecule has 2 rings (SSSR count). The van der Waals surface area contributed by atoms with E-state index in [1.54, 1.807) is 6.07 Å². The van der Waals surface area contributed by atoms with E-state index in [2.05, 4.69) is 0 Å². The Morgan fingerprint density at radius 1 is 1.53 bits per heavy atom. The van der Waals surface area contributed by atoms with Crippen molar-refractivity contribution in [2.75, 3.05) is 20.2 Å². The lowest BCUT2D eigenvalue weighted by molar-refractivity contribution is -0.385. The van der Waals surface area contributed by atoms with Gasteiger partial charge in [-0.1, -0.05) is 0 Å². The van der Waals surface area contributed by atoms with E-state index in [-0.39, 0.29) is 11.6 Å². The Hall–Kier alpha value is -2.15. The van der Waals surface area contributed by atoms with Crippen molar-refractivity contribution in [1.29, 1.82) is 0 Å². The Morgan fingerprint density at radius 3 is 2.74 bits per heavy atom. The van der Waals surface area contributed by atoms with Crippen molar-refractivity contribution in [2.24, 2.45) is 5.92 Å². The number of carboxylic acid groups (broad SMARTS) is 1. The van der Waals surface area contributed by atoms with Crippen LogP contribution in [0.1, 0.15) is 5.56 Å². The molecular weight excluding hydrogens is 252 g/mol. The molecule has 0 atom stereocenters. The number of aliphatic carboxylic acids is 1. The van der Waals surface area contributed by atoms with Gasteiger partial charge in [0.1, 0.15) is 5.75 Å². The van der Waals surface area contributed by atoms with E-state index in [4.69, 9.17) is 9.84 Å². The molecule has 1 aromatic rings. The average molecular weight is 266 g/mol. The maximum Gasteiger partial charge on any atom is 0.309 e. The second-order valence-corrected chi connectivity index (χ2v) is 4.53. The Bertz CT molecular complexity index is 511. The smallest absolute Gasteiger partial charge is 0.309 e. The van der Waals surface area contributed by atoms with Crippen molar-refractivity contribution in [3.63, 3.8) is 0 Å². The average Bonchev–Trinajstić information content (AvgIpc) is 2.32. The van der Waals surface area contributed by atoms with E-state index in [1.165, 1.54) is 19.2 Å². The highest BCUT2D eigenvalue weighted by molar-refractivity contribution is 5.71. The van der Waals surface area contributed by atoms with Gasteiger partial charge >= 0.3 is 5.97 Å². The number of rotatable bonds is 5. The summed E-state index contributed by atoms with van der Waals surface area (Å²) in [7, 11) is 1.45. The second-order valence-electron chi connectivity index (χ2n) is 4.53. The largest absolute Gasteiger partial charge is 0.496 e. The number of non-ortho nitro benzene ring substituents is 1. The summed E-state index contributed by atoms with van der Waals surface area (Å²) in [5.74, 6) is -0.701. The van der Waals surface area contributed by atoms with Crippen LogP contribution in [-0.4, -0.2) is 41.1 Å². The van der Waals surface area contributed by atoms with Gasteiger partial charge < -0.3 is 9.84 Å².